The van der Waals surface area contributed by atoms with Crippen molar-refractivity contribution in [2.75, 3.05) is 19.5 Å². The Kier molecular flexibility index (Phi) is 4.99. The molecule has 0 aliphatic carbocycles. The summed E-state index contributed by atoms with van der Waals surface area (Å²) in [6.07, 6.45) is 0. The van der Waals surface area contributed by atoms with Gasteiger partial charge in [-0.05, 0) is 49.4 Å². The molecule has 0 saturated carbocycles. The van der Waals surface area contributed by atoms with Crippen molar-refractivity contribution >= 4 is 38.5 Å². The second-order valence-corrected chi connectivity index (χ2v) is 6.42. The fraction of sp³-hybridized carbons (Fsp3) is 0.158. The number of nitrogens with two attached hydrogens (primary N) is 1. The molecular formula is C19H17BrN2O4. The number of ether oxygens (including phenoxy) is 2. The molecule has 2 aromatic carbocycles. The number of esters is 1. The number of hydrogen-bond acceptors (Lipinski definition) is 5. The van der Waals surface area contributed by atoms with Crippen LogP contribution in [0.4, 0.5) is 5.69 Å². The van der Waals surface area contributed by atoms with Crippen molar-refractivity contribution in [2.24, 2.45) is 0 Å². The first kappa shape index (κ1) is 18.0. The van der Waals surface area contributed by atoms with E-state index < -0.39 is 11.5 Å². The molecular weight excluding hydrogens is 400 g/mol. The first-order valence-electron chi connectivity index (χ1n) is 7.93. The fourth-order valence-corrected chi connectivity index (χ4v) is 3.15. The Hall–Kier alpha value is -2.80. The minimum absolute atomic E-state index is 0.103. The van der Waals surface area contributed by atoms with Gasteiger partial charge in [0.1, 0.15) is 11.3 Å². The third-order valence-corrected chi connectivity index (χ3v) is 4.47. The number of halogens is 1. The highest BCUT2D eigenvalue weighted by Gasteiger charge is 2.22. The van der Waals surface area contributed by atoms with Crippen LogP contribution in [0, 0.1) is 0 Å². The molecule has 2 N–H and O–H groups in total. The van der Waals surface area contributed by atoms with Gasteiger partial charge in [-0.15, -0.1) is 0 Å². The Morgan fingerprint density at radius 1 is 1.19 bits per heavy atom. The van der Waals surface area contributed by atoms with Gasteiger partial charge in [-0.2, -0.15) is 0 Å². The largest absolute Gasteiger partial charge is 0.494 e. The van der Waals surface area contributed by atoms with Crippen LogP contribution in [0.2, 0.25) is 0 Å². The predicted octanol–water partition coefficient (Wildman–Crippen LogP) is 3.52. The van der Waals surface area contributed by atoms with E-state index in [1.165, 1.54) is 11.7 Å². The number of anilines is 1. The van der Waals surface area contributed by atoms with Gasteiger partial charge in [-0.3, -0.25) is 9.36 Å². The molecule has 0 unspecified atom stereocenters. The van der Waals surface area contributed by atoms with E-state index in [9.17, 15) is 9.59 Å². The number of benzene rings is 2. The SMILES string of the molecule is CCOc1ccc(-n2c(=O)c(C(=O)OC)c(N)c3ccc(Br)cc32)cc1. The number of hydrogen-bond donors (Lipinski definition) is 1. The van der Waals surface area contributed by atoms with Gasteiger partial charge >= 0.3 is 5.97 Å². The lowest BCUT2D eigenvalue weighted by Crippen LogP contribution is -2.28. The zero-order valence-electron chi connectivity index (χ0n) is 14.3. The maximum Gasteiger partial charge on any atom is 0.345 e. The van der Waals surface area contributed by atoms with Crippen molar-refractivity contribution < 1.29 is 14.3 Å². The molecule has 1 aromatic heterocycles. The fourth-order valence-electron chi connectivity index (χ4n) is 2.80. The minimum atomic E-state index is -0.767. The number of fused-ring (bicyclic) bond motifs is 1. The van der Waals surface area contributed by atoms with Crippen molar-refractivity contribution in [1.82, 2.24) is 4.57 Å². The molecule has 0 fully saturated rings. The number of methoxy groups -OCH3 is 1. The molecule has 0 spiro atoms. The molecule has 0 atom stereocenters. The van der Waals surface area contributed by atoms with E-state index in [1.807, 2.05) is 6.92 Å². The van der Waals surface area contributed by atoms with E-state index in [2.05, 4.69) is 15.9 Å². The molecule has 3 aromatic rings. The Morgan fingerprint density at radius 2 is 1.88 bits per heavy atom. The van der Waals surface area contributed by atoms with Gasteiger partial charge in [0.25, 0.3) is 5.56 Å². The van der Waals surface area contributed by atoms with Crippen LogP contribution in [0.1, 0.15) is 17.3 Å². The van der Waals surface area contributed by atoms with Crippen LogP contribution in [-0.4, -0.2) is 24.3 Å². The summed E-state index contributed by atoms with van der Waals surface area (Å²) in [7, 11) is 1.22. The molecule has 134 valence electrons. The monoisotopic (exact) mass is 416 g/mol. The van der Waals surface area contributed by atoms with Crippen LogP contribution >= 0.6 is 15.9 Å². The Labute approximate surface area is 158 Å². The summed E-state index contributed by atoms with van der Waals surface area (Å²) in [5, 5.41) is 0.585. The van der Waals surface area contributed by atoms with Crippen LogP contribution in [0.5, 0.6) is 5.75 Å². The number of carbonyl (C=O) groups is 1. The molecule has 26 heavy (non-hydrogen) atoms. The van der Waals surface area contributed by atoms with E-state index in [1.54, 1.807) is 42.5 Å². The summed E-state index contributed by atoms with van der Waals surface area (Å²) in [4.78, 5) is 25.2. The second kappa shape index (κ2) is 7.21. The van der Waals surface area contributed by atoms with Gasteiger partial charge in [0.05, 0.1) is 24.9 Å². The molecule has 6 nitrogen and oxygen atoms in total. The van der Waals surface area contributed by atoms with Crippen molar-refractivity contribution in [3.8, 4) is 11.4 Å². The van der Waals surface area contributed by atoms with E-state index in [0.717, 1.165) is 4.47 Å². The molecule has 0 radical (unpaired) electrons. The summed E-state index contributed by atoms with van der Waals surface area (Å²) < 4.78 is 12.4. The zero-order valence-corrected chi connectivity index (χ0v) is 15.9. The third-order valence-electron chi connectivity index (χ3n) is 3.97. The van der Waals surface area contributed by atoms with E-state index in [-0.39, 0.29) is 11.3 Å². The first-order chi connectivity index (χ1) is 12.5. The van der Waals surface area contributed by atoms with Crippen molar-refractivity contribution in [2.45, 2.75) is 6.92 Å². The summed E-state index contributed by atoms with van der Waals surface area (Å²) in [5.74, 6) is -0.0737. The average molecular weight is 417 g/mol. The van der Waals surface area contributed by atoms with Crippen LogP contribution in [-0.2, 0) is 4.74 Å². The lowest BCUT2D eigenvalue weighted by Gasteiger charge is -2.15. The number of rotatable bonds is 4. The highest BCUT2D eigenvalue weighted by atomic mass is 79.9. The molecule has 0 saturated heterocycles. The Bertz CT molecular complexity index is 1040. The van der Waals surface area contributed by atoms with E-state index in [4.69, 9.17) is 15.2 Å². The van der Waals surface area contributed by atoms with Gasteiger partial charge in [0, 0.05) is 15.5 Å². The number of nitrogens with zero attached hydrogens (tertiary/aromatic N) is 1. The maximum atomic E-state index is 13.1. The van der Waals surface area contributed by atoms with Crippen LogP contribution in [0.3, 0.4) is 0 Å². The van der Waals surface area contributed by atoms with Crippen LogP contribution in [0.15, 0.2) is 51.7 Å². The smallest absolute Gasteiger partial charge is 0.345 e. The lowest BCUT2D eigenvalue weighted by molar-refractivity contribution is 0.0600. The van der Waals surface area contributed by atoms with Crippen LogP contribution < -0.4 is 16.0 Å². The number of nitrogen functional groups attached to an aromatic ring is 1. The van der Waals surface area contributed by atoms with Crippen LogP contribution in [0.25, 0.3) is 16.6 Å². The van der Waals surface area contributed by atoms with Gasteiger partial charge in [0.2, 0.25) is 0 Å². The molecule has 1 heterocycles. The standard InChI is InChI=1S/C19H17BrN2O4/c1-3-26-13-7-5-12(6-8-13)22-15-10-11(20)4-9-14(15)17(21)16(18(22)23)19(24)25-2/h4-10H,3,21H2,1-2H3. The highest BCUT2D eigenvalue weighted by Crippen LogP contribution is 2.28. The van der Waals surface area contributed by atoms with Gasteiger partial charge in [-0.1, -0.05) is 15.9 Å². The summed E-state index contributed by atoms with van der Waals surface area (Å²) in [5.41, 5.74) is 6.66. The summed E-state index contributed by atoms with van der Waals surface area (Å²) >= 11 is 3.41. The van der Waals surface area contributed by atoms with Crippen molar-refractivity contribution in [3.63, 3.8) is 0 Å². The second-order valence-electron chi connectivity index (χ2n) is 5.51. The average Bonchev–Trinajstić information content (AvgIpc) is 2.63. The molecule has 7 heteroatoms. The summed E-state index contributed by atoms with van der Waals surface area (Å²) in [6.45, 7) is 2.44. The predicted molar refractivity (Wildman–Crippen MR) is 104 cm³/mol. The van der Waals surface area contributed by atoms with Crippen molar-refractivity contribution in [1.29, 1.82) is 0 Å². The first-order valence-corrected chi connectivity index (χ1v) is 8.72. The number of aromatic nitrogens is 1. The third kappa shape index (κ3) is 3.06. The maximum absolute atomic E-state index is 13.1. The highest BCUT2D eigenvalue weighted by molar-refractivity contribution is 9.10. The zero-order chi connectivity index (χ0) is 18.8. The number of pyridine rings is 1. The van der Waals surface area contributed by atoms with E-state index >= 15 is 0 Å². The normalized spacial score (nSPS) is 10.7. The molecule has 0 amide bonds. The quantitative estimate of drug-likeness (QED) is 0.657. The topological polar surface area (TPSA) is 83.5 Å². The molecule has 3 rings (SSSR count). The van der Waals surface area contributed by atoms with Gasteiger partial charge < -0.3 is 15.2 Å². The van der Waals surface area contributed by atoms with Gasteiger partial charge in [-0.25, -0.2) is 4.79 Å². The molecule has 0 aliphatic rings. The molecule has 0 aliphatic heterocycles. The van der Waals surface area contributed by atoms with E-state index in [0.29, 0.717) is 28.9 Å². The Morgan fingerprint density at radius 3 is 2.50 bits per heavy atom. The lowest BCUT2D eigenvalue weighted by atomic mass is 10.1. The molecule has 0 bridgehead atoms. The number of carbonyl (C=O) groups excluding carboxylic acids is 1. The Balaban J connectivity index is 2.37. The van der Waals surface area contributed by atoms with Crippen molar-refractivity contribution in [3.05, 3.63) is 62.9 Å². The van der Waals surface area contributed by atoms with Gasteiger partial charge in [0.15, 0.2) is 0 Å². The summed E-state index contributed by atoms with van der Waals surface area (Å²) in [6, 6.07) is 12.4. The minimum Gasteiger partial charge on any atom is -0.494 e.